The van der Waals surface area contributed by atoms with Crippen LogP contribution in [0.2, 0.25) is 0 Å². The number of nitrogens with one attached hydrogen (secondary N) is 1. The summed E-state index contributed by atoms with van der Waals surface area (Å²) >= 11 is 0. The van der Waals surface area contributed by atoms with Gasteiger partial charge >= 0.3 is 6.03 Å². The lowest BCUT2D eigenvalue weighted by Gasteiger charge is -2.10. The van der Waals surface area contributed by atoms with Crippen LogP contribution < -0.4 is 11.1 Å². The van der Waals surface area contributed by atoms with Crippen molar-refractivity contribution >= 4 is 11.7 Å². The molecule has 2 amide bonds. The first-order valence-corrected chi connectivity index (χ1v) is 4.61. The summed E-state index contributed by atoms with van der Waals surface area (Å²) in [7, 11) is 0. The number of nitro groups is 1. The molecule has 1 rings (SSSR count). The number of nitrogens with two attached hydrogens (primary N) is 1. The third-order valence-corrected chi connectivity index (χ3v) is 1.88. The summed E-state index contributed by atoms with van der Waals surface area (Å²) in [6.07, 6.45) is 0. The fraction of sp³-hybridized carbons (Fsp3) is 0.222. The van der Waals surface area contributed by atoms with Gasteiger partial charge < -0.3 is 11.1 Å². The van der Waals surface area contributed by atoms with Crippen LogP contribution in [-0.4, -0.2) is 29.2 Å². The van der Waals surface area contributed by atoms with Crippen molar-refractivity contribution in [1.29, 1.82) is 0 Å². The van der Waals surface area contributed by atoms with E-state index >= 15 is 0 Å². The van der Waals surface area contributed by atoms with Crippen molar-refractivity contribution in [1.82, 2.24) is 5.01 Å². The number of carbonyl (C=O) groups is 1. The summed E-state index contributed by atoms with van der Waals surface area (Å²) < 4.78 is 0. The Morgan fingerprint density at radius 1 is 1.44 bits per heavy atom. The molecule has 0 aliphatic heterocycles. The molecule has 0 spiro atoms. The number of nitrogens with zero attached hydrogens (tertiary/aromatic N) is 2. The molecule has 0 saturated heterocycles. The smallest absolute Gasteiger partial charge is 0.372 e. The molecule has 0 aliphatic rings. The number of hydrazine groups is 1. The summed E-state index contributed by atoms with van der Waals surface area (Å²) in [5.41, 5.74) is 5.66. The first-order chi connectivity index (χ1) is 7.61. The maximum atomic E-state index is 10.7. The first kappa shape index (κ1) is 11.8. The molecule has 0 saturated carbocycles. The van der Waals surface area contributed by atoms with Crippen molar-refractivity contribution in [3.05, 3.63) is 40.4 Å². The van der Waals surface area contributed by atoms with Crippen LogP contribution in [-0.2, 0) is 0 Å². The van der Waals surface area contributed by atoms with Crippen LogP contribution in [0.1, 0.15) is 0 Å². The average Bonchev–Trinajstić information content (AvgIpc) is 2.24. The number of para-hydroxylation sites is 1. The summed E-state index contributed by atoms with van der Waals surface area (Å²) in [5, 5.41) is 12.8. The molecule has 16 heavy (non-hydrogen) atoms. The van der Waals surface area contributed by atoms with Gasteiger partial charge in [0.15, 0.2) is 5.03 Å². The lowest BCUT2D eigenvalue weighted by molar-refractivity contribution is -0.631. The molecule has 0 heterocycles. The summed E-state index contributed by atoms with van der Waals surface area (Å²) in [6, 6.07) is 8.10. The lowest BCUT2D eigenvalue weighted by Crippen LogP contribution is -2.42. The van der Waals surface area contributed by atoms with E-state index in [1.807, 2.05) is 30.3 Å². The molecule has 86 valence electrons. The van der Waals surface area contributed by atoms with Gasteiger partial charge in [-0.05, 0) is 17.1 Å². The van der Waals surface area contributed by atoms with Crippen LogP contribution >= 0.6 is 0 Å². The van der Waals surface area contributed by atoms with Gasteiger partial charge in [-0.15, -0.1) is 0 Å². The molecule has 1 aromatic carbocycles. The number of benzene rings is 1. The van der Waals surface area contributed by atoms with Gasteiger partial charge in [0.2, 0.25) is 0 Å². The zero-order valence-electron chi connectivity index (χ0n) is 8.50. The molecular weight excluding hydrogens is 212 g/mol. The van der Waals surface area contributed by atoms with Crippen LogP contribution in [0.5, 0.6) is 0 Å². The molecule has 0 radical (unpaired) electrons. The number of carbonyl (C=O) groups excluding carboxylic acids is 1. The average molecular weight is 224 g/mol. The Bertz CT molecular complexity index is 354. The van der Waals surface area contributed by atoms with Gasteiger partial charge in [0.05, 0.1) is 0 Å². The second-order valence-corrected chi connectivity index (χ2v) is 2.99. The van der Waals surface area contributed by atoms with Crippen molar-refractivity contribution < 1.29 is 9.83 Å². The standard InChI is InChI=1S/C9H12N4O3/c10-9(14)12(13(15)16)7-6-11-8-4-2-1-3-5-8/h1-5,11H,6-7H2,(H2,10,14). The number of rotatable bonds is 5. The van der Waals surface area contributed by atoms with E-state index in [1.54, 1.807) is 0 Å². The Labute approximate surface area is 92.0 Å². The van der Waals surface area contributed by atoms with Gasteiger partial charge in [0.25, 0.3) is 0 Å². The quantitative estimate of drug-likeness (QED) is 0.566. The van der Waals surface area contributed by atoms with Crippen molar-refractivity contribution in [2.75, 3.05) is 18.4 Å². The topological polar surface area (TPSA) is 102 Å². The molecule has 0 unspecified atom stereocenters. The highest BCUT2D eigenvalue weighted by Gasteiger charge is 2.19. The highest BCUT2D eigenvalue weighted by Crippen LogP contribution is 2.03. The Morgan fingerprint density at radius 2 is 2.06 bits per heavy atom. The molecule has 0 bridgehead atoms. The van der Waals surface area contributed by atoms with E-state index < -0.39 is 11.1 Å². The van der Waals surface area contributed by atoms with Crippen LogP contribution in [0.25, 0.3) is 0 Å². The van der Waals surface area contributed by atoms with Crippen molar-refractivity contribution in [3.8, 4) is 0 Å². The third kappa shape index (κ3) is 3.45. The van der Waals surface area contributed by atoms with Gasteiger partial charge in [-0.3, -0.25) is 0 Å². The molecule has 0 aliphatic carbocycles. The first-order valence-electron chi connectivity index (χ1n) is 4.61. The van der Waals surface area contributed by atoms with E-state index in [0.717, 1.165) is 5.69 Å². The van der Waals surface area contributed by atoms with Gasteiger partial charge in [0.1, 0.15) is 6.54 Å². The Hall–Kier alpha value is -2.31. The van der Waals surface area contributed by atoms with Crippen molar-refractivity contribution in [3.63, 3.8) is 0 Å². The van der Waals surface area contributed by atoms with Crippen molar-refractivity contribution in [2.45, 2.75) is 0 Å². The predicted molar refractivity (Wildman–Crippen MR) is 58.2 cm³/mol. The maximum Gasteiger partial charge on any atom is 0.372 e. The minimum Gasteiger partial charge on any atom is -0.383 e. The molecule has 7 heteroatoms. The summed E-state index contributed by atoms with van der Waals surface area (Å²) in [5.74, 6) is 0. The maximum absolute atomic E-state index is 10.7. The van der Waals surface area contributed by atoms with E-state index in [-0.39, 0.29) is 13.1 Å². The Morgan fingerprint density at radius 3 is 2.56 bits per heavy atom. The second kappa shape index (κ2) is 5.54. The minimum atomic E-state index is -1.07. The number of primary amides is 1. The largest absolute Gasteiger partial charge is 0.383 e. The van der Waals surface area contributed by atoms with Crippen LogP contribution in [0, 0.1) is 10.1 Å². The van der Waals surface area contributed by atoms with E-state index in [4.69, 9.17) is 5.73 Å². The number of urea groups is 1. The fourth-order valence-electron chi connectivity index (χ4n) is 1.13. The molecule has 3 N–H and O–H groups in total. The Balaban J connectivity index is 2.40. The van der Waals surface area contributed by atoms with Crippen LogP contribution in [0.3, 0.4) is 0 Å². The van der Waals surface area contributed by atoms with Gasteiger partial charge in [-0.1, -0.05) is 18.2 Å². The van der Waals surface area contributed by atoms with Gasteiger partial charge in [0, 0.05) is 12.2 Å². The molecule has 7 nitrogen and oxygen atoms in total. The predicted octanol–water partition coefficient (Wildman–Crippen LogP) is 0.671. The zero-order valence-corrected chi connectivity index (χ0v) is 8.50. The van der Waals surface area contributed by atoms with E-state index in [2.05, 4.69) is 5.32 Å². The number of hydrogen-bond acceptors (Lipinski definition) is 4. The van der Waals surface area contributed by atoms with E-state index in [9.17, 15) is 14.9 Å². The van der Waals surface area contributed by atoms with E-state index in [1.165, 1.54) is 0 Å². The van der Waals surface area contributed by atoms with Crippen LogP contribution in [0.15, 0.2) is 30.3 Å². The molecular formula is C9H12N4O3. The SMILES string of the molecule is NC(=O)N(CCNc1ccccc1)[N+](=O)[O-]. The number of anilines is 1. The molecule has 0 fully saturated rings. The Kier molecular flexibility index (Phi) is 4.07. The lowest BCUT2D eigenvalue weighted by atomic mass is 10.3. The van der Waals surface area contributed by atoms with Crippen LogP contribution in [0.4, 0.5) is 10.5 Å². The minimum absolute atomic E-state index is 0.0861. The second-order valence-electron chi connectivity index (χ2n) is 2.99. The molecule has 0 atom stereocenters. The normalized spacial score (nSPS) is 9.50. The van der Waals surface area contributed by atoms with Crippen molar-refractivity contribution in [2.24, 2.45) is 5.73 Å². The fourth-order valence-corrected chi connectivity index (χ4v) is 1.13. The third-order valence-electron chi connectivity index (χ3n) is 1.88. The number of hydrogen-bond donors (Lipinski definition) is 2. The summed E-state index contributed by atoms with van der Waals surface area (Å²) in [6.45, 7) is 0.172. The monoisotopic (exact) mass is 224 g/mol. The molecule has 0 aromatic heterocycles. The van der Waals surface area contributed by atoms with Gasteiger partial charge in [-0.25, -0.2) is 14.9 Å². The summed E-state index contributed by atoms with van der Waals surface area (Å²) in [4.78, 5) is 21.0. The highest BCUT2D eigenvalue weighted by molar-refractivity contribution is 5.70. The van der Waals surface area contributed by atoms with E-state index in [0.29, 0.717) is 5.01 Å². The van der Waals surface area contributed by atoms with Gasteiger partial charge in [-0.2, -0.15) is 0 Å². The number of amides is 2. The highest BCUT2D eigenvalue weighted by atomic mass is 16.7. The zero-order chi connectivity index (χ0) is 12.0. The molecule has 1 aromatic rings.